The molecule has 0 fully saturated rings. The van der Waals surface area contributed by atoms with Gasteiger partial charge in [-0.15, -0.1) is 17.3 Å². The van der Waals surface area contributed by atoms with Crippen molar-refractivity contribution in [1.82, 2.24) is 4.90 Å². The summed E-state index contributed by atoms with van der Waals surface area (Å²) in [6, 6.07) is 5.52. The van der Waals surface area contributed by atoms with Crippen molar-refractivity contribution in [3.63, 3.8) is 0 Å². The molecule has 1 atom stereocenters. The van der Waals surface area contributed by atoms with E-state index < -0.39 is 0 Å². The minimum absolute atomic E-state index is 0. The summed E-state index contributed by atoms with van der Waals surface area (Å²) in [4.78, 5) is 13.6. The molecule has 1 aromatic rings. The zero-order valence-electron chi connectivity index (χ0n) is 9.58. The Hall–Kier alpha value is 1.03. The van der Waals surface area contributed by atoms with E-state index in [4.69, 9.17) is 11.6 Å². The molecular formula is C12H9BrClINOY-. The summed E-state index contributed by atoms with van der Waals surface area (Å²) in [6.07, 6.45) is 3.91. The number of halogens is 3. The Morgan fingerprint density at radius 2 is 2.22 bits per heavy atom. The molecule has 1 amide bonds. The third-order valence-electron chi connectivity index (χ3n) is 2.57. The van der Waals surface area contributed by atoms with Gasteiger partial charge in [-0.3, -0.25) is 4.79 Å². The second kappa shape index (κ2) is 7.16. The van der Waals surface area contributed by atoms with Crippen LogP contribution in [0.3, 0.4) is 0 Å². The maximum absolute atomic E-state index is 11.9. The van der Waals surface area contributed by atoms with Crippen LogP contribution in [-0.4, -0.2) is 21.8 Å². The minimum atomic E-state index is -0.0209. The van der Waals surface area contributed by atoms with Crippen LogP contribution in [0.15, 0.2) is 22.7 Å². The van der Waals surface area contributed by atoms with Gasteiger partial charge in [0.25, 0.3) is 0 Å². The molecule has 0 N–H and O–H groups in total. The Balaban J connectivity index is 0.00000162. The number of alkyl halides is 1. The number of carbonyl (C=O) groups excluding carboxylic acids is 1. The average Bonchev–Trinajstić information content (AvgIpc) is 2.28. The summed E-state index contributed by atoms with van der Waals surface area (Å²) in [6.45, 7) is 0. The quantitative estimate of drug-likeness (QED) is 0.316. The number of rotatable bonds is 1. The molecule has 0 saturated heterocycles. The summed E-state index contributed by atoms with van der Waals surface area (Å²) in [7, 11) is 1.77. The molecule has 0 aliphatic carbocycles. The van der Waals surface area contributed by atoms with Crippen molar-refractivity contribution in [2.24, 2.45) is 0 Å². The first-order valence-corrected chi connectivity index (χ1v) is 7.40. The second-order valence-corrected chi connectivity index (χ2v) is 6.51. The van der Waals surface area contributed by atoms with E-state index in [1.807, 2.05) is 18.2 Å². The number of amides is 1. The van der Waals surface area contributed by atoms with Gasteiger partial charge in [-0.1, -0.05) is 67.1 Å². The third kappa shape index (κ3) is 3.57. The number of benzene rings is 1. The summed E-state index contributed by atoms with van der Waals surface area (Å²) >= 11 is 11.5. The molecule has 1 radical (unpaired) electrons. The van der Waals surface area contributed by atoms with Crippen LogP contribution in [0.2, 0.25) is 5.02 Å². The molecule has 93 valence electrons. The van der Waals surface area contributed by atoms with Gasteiger partial charge in [0.1, 0.15) is 0 Å². The van der Waals surface area contributed by atoms with E-state index >= 15 is 0 Å². The van der Waals surface area contributed by atoms with Crippen molar-refractivity contribution in [1.29, 1.82) is 0 Å². The van der Waals surface area contributed by atoms with Gasteiger partial charge in [-0.05, 0) is 6.07 Å². The Labute approximate surface area is 159 Å². The number of allylic oxidation sites excluding steroid dienone is 1. The first-order chi connectivity index (χ1) is 8.00. The zero-order valence-corrected chi connectivity index (χ0v) is 16.9. The topological polar surface area (TPSA) is 20.3 Å². The van der Waals surface area contributed by atoms with Crippen molar-refractivity contribution in [2.75, 3.05) is 7.05 Å². The van der Waals surface area contributed by atoms with E-state index in [-0.39, 0.29) is 42.5 Å². The normalized spacial score (nSPS) is 19.3. The predicted octanol–water partition coefficient (Wildman–Crippen LogP) is 3.91. The third-order valence-corrected chi connectivity index (χ3v) is 4.43. The van der Waals surface area contributed by atoms with Crippen LogP contribution < -0.4 is 0 Å². The van der Waals surface area contributed by atoms with Crippen LogP contribution >= 0.6 is 50.1 Å². The first-order valence-electron chi connectivity index (χ1n) is 4.98. The summed E-state index contributed by atoms with van der Waals surface area (Å²) in [5.41, 5.74) is 1.75. The zero-order chi connectivity index (χ0) is 12.6. The molecule has 0 spiro atoms. The smallest absolute Gasteiger partial charge is 0.235 e. The molecule has 2 rings (SSSR count). The van der Waals surface area contributed by atoms with Crippen LogP contribution in [0.4, 0.5) is 0 Å². The number of hydrogen-bond acceptors (Lipinski definition) is 1. The number of carbonyl (C=O) groups is 1. The van der Waals surface area contributed by atoms with E-state index in [1.165, 1.54) is 0 Å². The molecule has 1 heterocycles. The molecular weight excluding hydrogens is 505 g/mol. The first kappa shape index (κ1) is 17.1. The summed E-state index contributed by atoms with van der Waals surface area (Å²) in [5, 5.41) is 0.665. The predicted molar refractivity (Wildman–Crippen MR) is 81.0 cm³/mol. The largest absolute Gasteiger partial charge is 0.350 e. The van der Waals surface area contributed by atoms with Crippen LogP contribution in [0.1, 0.15) is 12.0 Å². The van der Waals surface area contributed by atoms with Crippen LogP contribution in [-0.2, 0) is 37.5 Å². The van der Waals surface area contributed by atoms with Crippen LogP contribution in [0, 0.1) is 6.08 Å². The Morgan fingerprint density at radius 1 is 1.56 bits per heavy atom. The van der Waals surface area contributed by atoms with Crippen molar-refractivity contribution >= 4 is 61.7 Å². The number of hydrogen-bond donors (Lipinski definition) is 0. The van der Waals surface area contributed by atoms with Crippen molar-refractivity contribution in [2.45, 2.75) is 10.3 Å². The van der Waals surface area contributed by atoms with E-state index in [0.29, 0.717) is 11.4 Å². The standard InChI is InChI=1S/C12H9BrClINO.Y/c1-16-11(5-4-10(15)12(16)17)8-3-2-7(14)6-9(8)13;/h2-3,6,10H,4H2,1H3;/q-1;. The fourth-order valence-corrected chi connectivity index (χ4v) is 3.18. The van der Waals surface area contributed by atoms with Crippen molar-refractivity contribution in [3.05, 3.63) is 39.3 Å². The van der Waals surface area contributed by atoms with Crippen LogP contribution in [0.5, 0.6) is 0 Å². The van der Waals surface area contributed by atoms with Gasteiger partial charge in [0, 0.05) is 44.8 Å². The maximum Gasteiger partial charge on any atom is 0.235 e. The fourth-order valence-electron chi connectivity index (χ4n) is 1.67. The minimum Gasteiger partial charge on any atom is -0.350 e. The van der Waals surface area contributed by atoms with Gasteiger partial charge in [0.15, 0.2) is 0 Å². The molecule has 18 heavy (non-hydrogen) atoms. The van der Waals surface area contributed by atoms with Gasteiger partial charge in [-0.2, -0.15) is 0 Å². The average molecular weight is 514 g/mol. The summed E-state index contributed by atoms with van der Waals surface area (Å²) in [5.74, 6) is 0.112. The second-order valence-electron chi connectivity index (χ2n) is 3.72. The van der Waals surface area contributed by atoms with Gasteiger partial charge in [0.05, 0.1) is 3.92 Å². The molecule has 1 aliphatic heterocycles. The molecule has 1 aliphatic rings. The van der Waals surface area contributed by atoms with Gasteiger partial charge >= 0.3 is 0 Å². The molecule has 6 heteroatoms. The molecule has 1 aromatic carbocycles. The van der Waals surface area contributed by atoms with E-state index in [2.05, 4.69) is 44.6 Å². The van der Waals surface area contributed by atoms with E-state index in [1.54, 1.807) is 11.9 Å². The number of nitrogens with zero attached hydrogens (tertiary/aromatic N) is 1. The Kier molecular flexibility index (Phi) is 6.80. The van der Waals surface area contributed by atoms with Gasteiger partial charge in [-0.25, -0.2) is 6.08 Å². The van der Waals surface area contributed by atoms with Crippen molar-refractivity contribution in [3.8, 4) is 0 Å². The summed E-state index contributed by atoms with van der Waals surface area (Å²) < 4.78 is 0.853. The molecule has 0 aromatic heterocycles. The SMILES string of the molecule is CN1C(=O)C(I)C[C-]=C1c1ccc(Cl)cc1Br.[Y]. The molecule has 0 saturated carbocycles. The van der Waals surface area contributed by atoms with Gasteiger partial charge in [0.2, 0.25) is 5.91 Å². The molecule has 2 nitrogen and oxygen atoms in total. The fraction of sp³-hybridized carbons (Fsp3) is 0.250. The van der Waals surface area contributed by atoms with Gasteiger partial charge < -0.3 is 4.90 Å². The Morgan fingerprint density at radius 3 is 2.83 bits per heavy atom. The molecule has 1 unspecified atom stereocenters. The van der Waals surface area contributed by atoms with Crippen LogP contribution in [0.25, 0.3) is 5.70 Å². The van der Waals surface area contributed by atoms with E-state index in [9.17, 15) is 4.79 Å². The van der Waals surface area contributed by atoms with Crippen molar-refractivity contribution < 1.29 is 37.5 Å². The molecule has 0 bridgehead atoms. The van der Waals surface area contributed by atoms with E-state index in [0.717, 1.165) is 15.7 Å². The Bertz CT molecular complexity index is 509. The monoisotopic (exact) mass is 513 g/mol. The maximum atomic E-state index is 11.9.